The predicted molar refractivity (Wildman–Crippen MR) is 55.2 cm³/mol. The molecule has 0 radical (unpaired) electrons. The summed E-state index contributed by atoms with van der Waals surface area (Å²) in [6.45, 7) is 0. The van der Waals surface area contributed by atoms with Gasteiger partial charge in [-0.15, -0.1) is 11.8 Å². The van der Waals surface area contributed by atoms with Crippen molar-refractivity contribution in [2.75, 3.05) is 5.75 Å². The maximum atomic E-state index is 11.1. The highest BCUT2D eigenvalue weighted by molar-refractivity contribution is 8.01. The van der Waals surface area contributed by atoms with Crippen LogP contribution >= 0.6 is 11.8 Å². The van der Waals surface area contributed by atoms with Crippen LogP contribution in [0.15, 0.2) is 6.33 Å². The number of thioether (sulfide) groups is 1. The van der Waals surface area contributed by atoms with Crippen LogP contribution in [0.3, 0.4) is 0 Å². The van der Waals surface area contributed by atoms with E-state index in [1.54, 1.807) is 16.4 Å². The molecule has 1 unspecified atom stereocenters. The van der Waals surface area contributed by atoms with Gasteiger partial charge in [0.25, 0.3) is 0 Å². The molecule has 0 bridgehead atoms. The van der Waals surface area contributed by atoms with E-state index in [0.717, 1.165) is 30.7 Å². The Morgan fingerprint density at radius 3 is 3.14 bits per heavy atom. The van der Waals surface area contributed by atoms with Crippen LogP contribution in [-0.2, 0) is 18.3 Å². The molecule has 0 amide bonds. The number of aldehydes is 1. The molecule has 1 aliphatic heterocycles. The number of rotatable bonds is 3. The summed E-state index contributed by atoms with van der Waals surface area (Å²) in [6.07, 6.45) is 5.42. The fourth-order valence-corrected chi connectivity index (χ4v) is 3.02. The summed E-state index contributed by atoms with van der Waals surface area (Å²) in [4.78, 5) is 15.2. The Morgan fingerprint density at radius 2 is 2.64 bits per heavy atom. The molecule has 0 spiro atoms. The summed E-state index contributed by atoms with van der Waals surface area (Å²) < 4.78 is 1.50. The molecular weight excluding hydrogens is 198 g/mol. The van der Waals surface area contributed by atoms with E-state index in [2.05, 4.69) is 10.1 Å². The highest BCUT2D eigenvalue weighted by atomic mass is 32.2. The summed E-state index contributed by atoms with van der Waals surface area (Å²) >= 11 is 1.75. The van der Waals surface area contributed by atoms with E-state index in [4.69, 9.17) is 0 Å². The zero-order valence-electron chi connectivity index (χ0n) is 8.14. The average molecular weight is 211 g/mol. The molecule has 0 N–H and O–H groups in total. The number of aromatic nitrogens is 3. The fraction of sp³-hybridized carbons (Fsp3) is 0.667. The molecule has 76 valence electrons. The Balaban J connectivity index is 2.16. The summed E-state index contributed by atoms with van der Waals surface area (Å²) in [5.41, 5.74) is 0. The van der Waals surface area contributed by atoms with Crippen LogP contribution in [-0.4, -0.2) is 31.6 Å². The van der Waals surface area contributed by atoms with Crippen LogP contribution < -0.4 is 0 Å². The maximum absolute atomic E-state index is 11.1. The Morgan fingerprint density at radius 1 is 1.79 bits per heavy atom. The Labute approximate surface area is 87.1 Å². The van der Waals surface area contributed by atoms with Gasteiger partial charge in [0.2, 0.25) is 0 Å². The van der Waals surface area contributed by atoms with Crippen molar-refractivity contribution in [1.82, 2.24) is 14.8 Å². The Hall–Kier alpha value is -0.840. The predicted octanol–water partition coefficient (Wildman–Crippen LogP) is 0.822. The molecule has 1 aromatic rings. The van der Waals surface area contributed by atoms with Crippen LogP contribution in [0.4, 0.5) is 0 Å². The van der Waals surface area contributed by atoms with Gasteiger partial charge in [0.1, 0.15) is 18.4 Å². The van der Waals surface area contributed by atoms with Crippen molar-refractivity contribution < 1.29 is 4.79 Å². The standard InChI is InChI=1S/C9H13N3OS/c1-12-8(10-7-11-12)5-9(6-13)3-2-4-14-9/h6-7H,2-5H2,1H3. The van der Waals surface area contributed by atoms with E-state index in [1.807, 2.05) is 7.05 Å². The third-order valence-corrected chi connectivity index (χ3v) is 4.12. The van der Waals surface area contributed by atoms with Crippen LogP contribution in [0.1, 0.15) is 18.7 Å². The lowest BCUT2D eigenvalue weighted by Crippen LogP contribution is -2.27. The van der Waals surface area contributed by atoms with Gasteiger partial charge in [-0.2, -0.15) is 5.10 Å². The molecule has 1 aliphatic rings. The minimum absolute atomic E-state index is 0.235. The summed E-state index contributed by atoms with van der Waals surface area (Å²) in [7, 11) is 1.86. The van der Waals surface area contributed by atoms with Crippen molar-refractivity contribution in [2.24, 2.45) is 7.05 Å². The first-order valence-electron chi connectivity index (χ1n) is 4.69. The number of nitrogens with zero attached hydrogens (tertiary/aromatic N) is 3. The van der Waals surface area contributed by atoms with Crippen LogP contribution in [0.5, 0.6) is 0 Å². The minimum atomic E-state index is -0.235. The van der Waals surface area contributed by atoms with Gasteiger partial charge in [-0.1, -0.05) is 0 Å². The summed E-state index contributed by atoms with van der Waals surface area (Å²) in [5.74, 6) is 1.97. The van der Waals surface area contributed by atoms with E-state index >= 15 is 0 Å². The average Bonchev–Trinajstić information content (AvgIpc) is 2.79. The first kappa shape index (κ1) is 9.71. The van der Waals surface area contributed by atoms with E-state index in [0.29, 0.717) is 6.42 Å². The largest absolute Gasteiger partial charge is 0.302 e. The summed E-state index contributed by atoms with van der Waals surface area (Å²) in [6, 6.07) is 0. The molecule has 1 saturated heterocycles. The summed E-state index contributed by atoms with van der Waals surface area (Å²) in [5, 5.41) is 4.00. The molecule has 0 aliphatic carbocycles. The van der Waals surface area contributed by atoms with Gasteiger partial charge in [-0.25, -0.2) is 4.98 Å². The van der Waals surface area contributed by atoms with Gasteiger partial charge in [-0.05, 0) is 18.6 Å². The lowest BCUT2D eigenvalue weighted by molar-refractivity contribution is -0.109. The monoisotopic (exact) mass is 211 g/mol. The second-order valence-electron chi connectivity index (χ2n) is 3.61. The smallest absolute Gasteiger partial charge is 0.138 e. The van der Waals surface area contributed by atoms with Gasteiger partial charge in [-0.3, -0.25) is 4.68 Å². The number of hydrogen-bond donors (Lipinski definition) is 0. The molecule has 5 heteroatoms. The van der Waals surface area contributed by atoms with Crippen LogP contribution in [0, 0.1) is 0 Å². The SMILES string of the molecule is Cn1ncnc1CC1(C=O)CCCS1. The minimum Gasteiger partial charge on any atom is -0.302 e. The Kier molecular flexibility index (Phi) is 2.58. The van der Waals surface area contributed by atoms with Gasteiger partial charge >= 0.3 is 0 Å². The highest BCUT2D eigenvalue weighted by Gasteiger charge is 2.35. The number of carbonyl (C=O) groups excluding carboxylic acids is 1. The Bertz CT molecular complexity index is 331. The molecule has 2 heterocycles. The van der Waals surface area contributed by atoms with E-state index in [9.17, 15) is 4.79 Å². The van der Waals surface area contributed by atoms with Gasteiger partial charge in [0.05, 0.1) is 4.75 Å². The lowest BCUT2D eigenvalue weighted by Gasteiger charge is -2.19. The molecule has 2 rings (SSSR count). The second kappa shape index (κ2) is 3.73. The third kappa shape index (κ3) is 1.68. The molecule has 1 aromatic heterocycles. The fourth-order valence-electron chi connectivity index (χ4n) is 1.74. The second-order valence-corrected chi connectivity index (χ2v) is 5.12. The molecule has 4 nitrogen and oxygen atoms in total. The molecule has 0 aromatic carbocycles. The zero-order chi connectivity index (χ0) is 10.0. The van der Waals surface area contributed by atoms with E-state index in [1.165, 1.54) is 6.33 Å². The molecule has 1 fully saturated rings. The van der Waals surface area contributed by atoms with Crippen LogP contribution in [0.2, 0.25) is 0 Å². The van der Waals surface area contributed by atoms with Crippen molar-refractivity contribution in [3.63, 3.8) is 0 Å². The lowest BCUT2D eigenvalue weighted by atomic mass is 10.0. The molecular formula is C9H13N3OS. The van der Waals surface area contributed by atoms with E-state index in [-0.39, 0.29) is 4.75 Å². The van der Waals surface area contributed by atoms with Crippen LogP contribution in [0.25, 0.3) is 0 Å². The van der Waals surface area contributed by atoms with Crippen molar-refractivity contribution in [1.29, 1.82) is 0 Å². The normalized spacial score (nSPS) is 26.6. The molecule has 0 saturated carbocycles. The topological polar surface area (TPSA) is 47.8 Å². The van der Waals surface area contributed by atoms with Gasteiger partial charge in [0.15, 0.2) is 0 Å². The third-order valence-electron chi connectivity index (χ3n) is 2.61. The van der Waals surface area contributed by atoms with Crippen molar-refractivity contribution in [3.8, 4) is 0 Å². The van der Waals surface area contributed by atoms with Crippen molar-refractivity contribution in [2.45, 2.75) is 24.0 Å². The van der Waals surface area contributed by atoms with Crippen molar-refractivity contribution in [3.05, 3.63) is 12.2 Å². The first-order valence-corrected chi connectivity index (χ1v) is 5.67. The van der Waals surface area contributed by atoms with Gasteiger partial charge < -0.3 is 4.79 Å². The zero-order valence-corrected chi connectivity index (χ0v) is 8.96. The maximum Gasteiger partial charge on any atom is 0.138 e. The van der Waals surface area contributed by atoms with Crippen molar-refractivity contribution >= 4 is 18.0 Å². The number of carbonyl (C=O) groups is 1. The quantitative estimate of drug-likeness (QED) is 0.695. The first-order chi connectivity index (χ1) is 6.76. The van der Waals surface area contributed by atoms with Gasteiger partial charge in [0, 0.05) is 13.5 Å². The van der Waals surface area contributed by atoms with E-state index < -0.39 is 0 Å². The highest BCUT2D eigenvalue weighted by Crippen LogP contribution is 2.38. The number of aryl methyl sites for hydroxylation is 1. The molecule has 1 atom stereocenters. The molecule has 14 heavy (non-hydrogen) atoms. The number of hydrogen-bond acceptors (Lipinski definition) is 4.